The fourth-order valence-corrected chi connectivity index (χ4v) is 0.881. The summed E-state index contributed by atoms with van der Waals surface area (Å²) in [6.07, 6.45) is 0. The molecule has 0 saturated heterocycles. The minimum atomic E-state index is 0.753. The van der Waals surface area contributed by atoms with Crippen molar-refractivity contribution in [2.75, 3.05) is 32.1 Å². The van der Waals surface area contributed by atoms with Crippen molar-refractivity contribution in [2.24, 2.45) is 0 Å². The van der Waals surface area contributed by atoms with E-state index in [4.69, 9.17) is 0 Å². The van der Waals surface area contributed by atoms with Crippen LogP contribution in [-0.2, 0) is 0 Å². The van der Waals surface area contributed by atoms with Gasteiger partial charge >= 0.3 is 0 Å². The molecule has 0 aliphatic heterocycles. The van der Waals surface area contributed by atoms with Crippen LogP contribution in [0.5, 0.6) is 0 Å². The fraction of sp³-hybridized carbons (Fsp3) is 0.714. The van der Waals surface area contributed by atoms with E-state index in [0.29, 0.717) is 0 Å². The van der Waals surface area contributed by atoms with Crippen LogP contribution in [0.2, 0.25) is 0 Å². The average Bonchev–Trinajstić information content (AvgIpc) is 2.47. The summed E-state index contributed by atoms with van der Waals surface area (Å²) in [6.45, 7) is 3.74. The molecule has 0 aromatic carbocycles. The predicted octanol–water partition coefficient (Wildman–Crippen LogP) is -0.231. The molecule has 0 fully saturated rings. The molecule has 0 aliphatic carbocycles. The van der Waals surface area contributed by atoms with Gasteiger partial charge in [-0.3, -0.25) is 5.10 Å². The highest BCUT2D eigenvalue weighted by atomic mass is 15.3. The second-order valence-corrected chi connectivity index (χ2v) is 2.75. The molecule has 0 spiro atoms. The zero-order valence-electron chi connectivity index (χ0n) is 7.76. The lowest BCUT2D eigenvalue weighted by molar-refractivity contribution is 0.754. The smallest absolute Gasteiger partial charge is 0.244 e. The maximum atomic E-state index is 4.19. The number of likely N-dealkylation sites (N-methyl/N-ethyl adjacent to an activating group) is 2. The summed E-state index contributed by atoms with van der Waals surface area (Å²) in [7, 11) is 3.90. The quantitative estimate of drug-likeness (QED) is 0.653. The molecule has 0 saturated carbocycles. The van der Waals surface area contributed by atoms with Crippen LogP contribution in [0.15, 0.2) is 0 Å². The number of hydrogen-bond acceptors (Lipinski definition) is 4. The van der Waals surface area contributed by atoms with Crippen molar-refractivity contribution in [3.63, 3.8) is 0 Å². The maximum absolute atomic E-state index is 4.19. The molecule has 1 rings (SSSR count). The molecule has 12 heavy (non-hydrogen) atoms. The Hall–Kier alpha value is -1.10. The Balaban J connectivity index is 2.47. The Morgan fingerprint density at radius 1 is 1.58 bits per heavy atom. The fourth-order valence-electron chi connectivity index (χ4n) is 0.881. The van der Waals surface area contributed by atoms with Gasteiger partial charge in [0.05, 0.1) is 0 Å². The second-order valence-electron chi connectivity index (χ2n) is 2.75. The van der Waals surface area contributed by atoms with Gasteiger partial charge in [0, 0.05) is 20.1 Å². The second kappa shape index (κ2) is 4.06. The molecule has 1 aromatic heterocycles. The molecular formula is C7H15N5. The first-order valence-corrected chi connectivity index (χ1v) is 3.99. The average molecular weight is 169 g/mol. The van der Waals surface area contributed by atoms with Crippen molar-refractivity contribution in [2.45, 2.75) is 6.92 Å². The number of rotatable bonds is 4. The van der Waals surface area contributed by atoms with Crippen molar-refractivity contribution < 1.29 is 0 Å². The molecule has 0 amide bonds. The Labute approximate surface area is 72.2 Å². The van der Waals surface area contributed by atoms with Crippen LogP contribution in [0, 0.1) is 6.92 Å². The number of anilines is 1. The largest absolute Gasteiger partial charge is 0.341 e. The molecule has 5 nitrogen and oxygen atoms in total. The van der Waals surface area contributed by atoms with E-state index in [1.54, 1.807) is 0 Å². The lowest BCUT2D eigenvalue weighted by Crippen LogP contribution is -2.27. The van der Waals surface area contributed by atoms with Crippen molar-refractivity contribution >= 4 is 5.95 Å². The summed E-state index contributed by atoms with van der Waals surface area (Å²) < 4.78 is 0. The van der Waals surface area contributed by atoms with Crippen LogP contribution in [-0.4, -0.2) is 42.4 Å². The summed E-state index contributed by atoms with van der Waals surface area (Å²) in [5.74, 6) is 1.60. The number of aryl methyl sites for hydroxylation is 1. The first-order valence-electron chi connectivity index (χ1n) is 3.99. The van der Waals surface area contributed by atoms with E-state index in [9.17, 15) is 0 Å². The van der Waals surface area contributed by atoms with Gasteiger partial charge in [0.1, 0.15) is 5.82 Å². The Bertz CT molecular complexity index is 231. The molecular weight excluding hydrogens is 154 g/mol. The summed E-state index contributed by atoms with van der Waals surface area (Å²) in [4.78, 5) is 6.19. The molecule has 1 heterocycles. The van der Waals surface area contributed by atoms with E-state index >= 15 is 0 Å². The molecule has 2 N–H and O–H groups in total. The zero-order chi connectivity index (χ0) is 8.97. The van der Waals surface area contributed by atoms with Gasteiger partial charge in [-0.25, -0.2) is 0 Å². The number of nitrogens with one attached hydrogen (secondary N) is 2. The monoisotopic (exact) mass is 169 g/mol. The van der Waals surface area contributed by atoms with Gasteiger partial charge in [-0.05, 0) is 14.0 Å². The third kappa shape index (κ3) is 2.20. The van der Waals surface area contributed by atoms with E-state index < -0.39 is 0 Å². The molecule has 0 bridgehead atoms. The first-order chi connectivity index (χ1) is 5.74. The Kier molecular flexibility index (Phi) is 3.04. The zero-order valence-corrected chi connectivity index (χ0v) is 7.76. The molecule has 0 atom stereocenters. The Morgan fingerprint density at radius 2 is 2.33 bits per heavy atom. The van der Waals surface area contributed by atoms with Crippen molar-refractivity contribution in [1.82, 2.24) is 20.5 Å². The topological polar surface area (TPSA) is 56.8 Å². The van der Waals surface area contributed by atoms with E-state index in [-0.39, 0.29) is 0 Å². The van der Waals surface area contributed by atoms with Gasteiger partial charge in [-0.1, -0.05) is 0 Å². The predicted molar refractivity (Wildman–Crippen MR) is 48.3 cm³/mol. The maximum Gasteiger partial charge on any atom is 0.244 e. The van der Waals surface area contributed by atoms with Crippen LogP contribution in [0.3, 0.4) is 0 Å². The third-order valence-corrected chi connectivity index (χ3v) is 1.62. The van der Waals surface area contributed by atoms with Gasteiger partial charge in [-0.15, -0.1) is 5.10 Å². The molecule has 0 radical (unpaired) electrons. The van der Waals surface area contributed by atoms with Crippen LogP contribution < -0.4 is 10.2 Å². The minimum Gasteiger partial charge on any atom is -0.341 e. The number of hydrogen-bond donors (Lipinski definition) is 2. The van der Waals surface area contributed by atoms with Crippen molar-refractivity contribution in [1.29, 1.82) is 0 Å². The van der Waals surface area contributed by atoms with Gasteiger partial charge in [0.25, 0.3) is 0 Å². The van der Waals surface area contributed by atoms with Gasteiger partial charge in [-0.2, -0.15) is 4.98 Å². The van der Waals surface area contributed by atoms with Crippen LogP contribution in [0.25, 0.3) is 0 Å². The first kappa shape index (κ1) is 8.99. The lowest BCUT2D eigenvalue weighted by Gasteiger charge is -2.13. The number of H-pyrrole nitrogens is 1. The molecule has 0 aliphatic rings. The minimum absolute atomic E-state index is 0.753. The summed E-state index contributed by atoms with van der Waals surface area (Å²) in [5.41, 5.74) is 0. The molecule has 0 unspecified atom stereocenters. The highest BCUT2D eigenvalue weighted by molar-refractivity contribution is 5.26. The number of nitrogens with zero attached hydrogens (tertiary/aromatic N) is 3. The van der Waals surface area contributed by atoms with E-state index in [2.05, 4.69) is 20.5 Å². The standard InChI is InChI=1S/C7H15N5/c1-6-9-7(11-10-6)12(3)5-4-8-2/h8H,4-5H2,1-3H3,(H,9,10,11). The Morgan fingerprint density at radius 3 is 2.83 bits per heavy atom. The van der Waals surface area contributed by atoms with Gasteiger partial charge in [0.15, 0.2) is 0 Å². The summed E-state index contributed by atoms with van der Waals surface area (Å²) in [5, 5.41) is 9.90. The summed E-state index contributed by atoms with van der Waals surface area (Å²) >= 11 is 0. The van der Waals surface area contributed by atoms with Crippen LogP contribution in [0.1, 0.15) is 5.82 Å². The van der Waals surface area contributed by atoms with Gasteiger partial charge in [0.2, 0.25) is 5.95 Å². The van der Waals surface area contributed by atoms with E-state index in [1.807, 2.05) is 25.9 Å². The molecule has 68 valence electrons. The normalized spacial score (nSPS) is 10.2. The third-order valence-electron chi connectivity index (χ3n) is 1.62. The lowest BCUT2D eigenvalue weighted by atomic mass is 10.5. The van der Waals surface area contributed by atoms with Gasteiger partial charge < -0.3 is 10.2 Å². The van der Waals surface area contributed by atoms with E-state index in [0.717, 1.165) is 24.9 Å². The molecule has 5 heteroatoms. The highest BCUT2D eigenvalue weighted by Gasteiger charge is 2.04. The SMILES string of the molecule is CNCCN(C)c1n[nH]c(C)n1. The number of aromatic amines is 1. The van der Waals surface area contributed by atoms with Crippen molar-refractivity contribution in [3.05, 3.63) is 5.82 Å². The van der Waals surface area contributed by atoms with Crippen LogP contribution in [0.4, 0.5) is 5.95 Å². The number of aromatic nitrogens is 3. The highest BCUT2D eigenvalue weighted by Crippen LogP contribution is 2.01. The van der Waals surface area contributed by atoms with E-state index in [1.165, 1.54) is 0 Å². The van der Waals surface area contributed by atoms with Crippen LogP contribution >= 0.6 is 0 Å². The van der Waals surface area contributed by atoms with Crippen molar-refractivity contribution in [3.8, 4) is 0 Å². The molecule has 1 aromatic rings. The summed E-state index contributed by atoms with van der Waals surface area (Å²) in [6, 6.07) is 0.